The standard InChI is InChI=1S/C17H15Cl2N3OS/c1-9-3-14(15-8-24-17(21-15)7-16(20)23)10(2)22(9)13-5-11(18)4-12(19)6-13/h3-6,8H,7H2,1-2H3,(H2,20,23). The van der Waals surface area contributed by atoms with Gasteiger partial charge in [-0.25, -0.2) is 4.98 Å². The second kappa shape index (κ2) is 6.59. The lowest BCUT2D eigenvalue weighted by Crippen LogP contribution is -2.13. The van der Waals surface area contributed by atoms with E-state index in [9.17, 15) is 4.79 Å². The van der Waals surface area contributed by atoms with Crippen LogP contribution in [0, 0.1) is 13.8 Å². The maximum Gasteiger partial charge on any atom is 0.224 e. The summed E-state index contributed by atoms with van der Waals surface area (Å²) in [6, 6.07) is 7.51. The Morgan fingerprint density at radius 1 is 1.21 bits per heavy atom. The van der Waals surface area contributed by atoms with Crippen molar-refractivity contribution in [3.63, 3.8) is 0 Å². The summed E-state index contributed by atoms with van der Waals surface area (Å²) in [5, 5.41) is 3.83. The second-order valence-corrected chi connectivity index (χ2v) is 7.33. The lowest BCUT2D eigenvalue weighted by atomic mass is 10.2. The average molecular weight is 380 g/mol. The number of aryl methyl sites for hydroxylation is 1. The number of hydrogen-bond acceptors (Lipinski definition) is 3. The molecule has 0 saturated heterocycles. The molecule has 0 radical (unpaired) electrons. The van der Waals surface area contributed by atoms with Crippen molar-refractivity contribution >= 4 is 40.4 Å². The van der Waals surface area contributed by atoms with Crippen LogP contribution in [-0.2, 0) is 11.2 Å². The summed E-state index contributed by atoms with van der Waals surface area (Å²) >= 11 is 13.7. The van der Waals surface area contributed by atoms with E-state index in [0.29, 0.717) is 15.1 Å². The Kier molecular flexibility index (Phi) is 4.67. The van der Waals surface area contributed by atoms with Gasteiger partial charge in [0.05, 0.1) is 12.1 Å². The van der Waals surface area contributed by atoms with Crippen molar-refractivity contribution < 1.29 is 4.79 Å². The van der Waals surface area contributed by atoms with Crippen LogP contribution in [0.1, 0.15) is 16.4 Å². The number of rotatable bonds is 4. The Bertz CT molecular complexity index is 910. The fourth-order valence-corrected chi connectivity index (χ4v) is 4.07. The van der Waals surface area contributed by atoms with Gasteiger partial charge in [-0.3, -0.25) is 4.79 Å². The van der Waals surface area contributed by atoms with Crippen LogP contribution in [0.2, 0.25) is 10.0 Å². The van der Waals surface area contributed by atoms with Crippen molar-refractivity contribution in [1.82, 2.24) is 9.55 Å². The number of carbonyl (C=O) groups is 1. The molecular formula is C17H15Cl2N3OS. The van der Waals surface area contributed by atoms with E-state index in [2.05, 4.69) is 15.6 Å². The Hall–Kier alpha value is -1.82. The van der Waals surface area contributed by atoms with Crippen molar-refractivity contribution in [2.24, 2.45) is 5.73 Å². The van der Waals surface area contributed by atoms with Crippen LogP contribution in [0.15, 0.2) is 29.6 Å². The Balaban J connectivity index is 2.06. The highest BCUT2D eigenvalue weighted by molar-refractivity contribution is 7.10. The van der Waals surface area contributed by atoms with Gasteiger partial charge >= 0.3 is 0 Å². The Morgan fingerprint density at radius 2 is 1.88 bits per heavy atom. The zero-order chi connectivity index (χ0) is 17.4. The number of primary amides is 1. The van der Waals surface area contributed by atoms with Gasteiger partial charge in [-0.2, -0.15) is 0 Å². The quantitative estimate of drug-likeness (QED) is 0.722. The Morgan fingerprint density at radius 3 is 2.50 bits per heavy atom. The third-order valence-corrected chi connectivity index (χ3v) is 4.98. The van der Waals surface area contributed by atoms with Crippen LogP contribution in [-0.4, -0.2) is 15.5 Å². The highest BCUT2D eigenvalue weighted by Gasteiger charge is 2.16. The van der Waals surface area contributed by atoms with Crippen LogP contribution in [0.4, 0.5) is 0 Å². The minimum atomic E-state index is -0.380. The van der Waals surface area contributed by atoms with E-state index in [1.54, 1.807) is 6.07 Å². The normalized spacial score (nSPS) is 11.0. The van der Waals surface area contributed by atoms with Gasteiger partial charge in [0, 0.05) is 38.1 Å². The monoisotopic (exact) mass is 379 g/mol. The molecule has 0 saturated carbocycles. The van der Waals surface area contributed by atoms with Crippen LogP contribution < -0.4 is 5.73 Å². The van der Waals surface area contributed by atoms with Gasteiger partial charge in [-0.05, 0) is 38.1 Å². The molecule has 0 unspecified atom stereocenters. The number of nitrogens with zero attached hydrogens (tertiary/aromatic N) is 2. The molecular weight excluding hydrogens is 365 g/mol. The highest BCUT2D eigenvalue weighted by Crippen LogP contribution is 2.32. The molecule has 0 aliphatic rings. The first-order valence-corrected chi connectivity index (χ1v) is 8.87. The van der Waals surface area contributed by atoms with Crippen molar-refractivity contribution in [2.45, 2.75) is 20.3 Å². The fourth-order valence-electron chi connectivity index (χ4n) is 2.75. The van der Waals surface area contributed by atoms with E-state index in [1.807, 2.05) is 31.4 Å². The molecule has 124 valence electrons. The average Bonchev–Trinajstić information content (AvgIpc) is 3.01. The van der Waals surface area contributed by atoms with E-state index in [1.165, 1.54) is 11.3 Å². The van der Waals surface area contributed by atoms with Gasteiger partial charge < -0.3 is 10.3 Å². The summed E-state index contributed by atoms with van der Waals surface area (Å²) in [5.41, 5.74) is 10.1. The van der Waals surface area contributed by atoms with Crippen molar-refractivity contribution in [3.05, 3.63) is 56.1 Å². The van der Waals surface area contributed by atoms with Gasteiger partial charge in [0.25, 0.3) is 0 Å². The molecule has 0 atom stereocenters. The summed E-state index contributed by atoms with van der Waals surface area (Å²) in [4.78, 5) is 15.6. The molecule has 0 bridgehead atoms. The maximum absolute atomic E-state index is 11.0. The van der Waals surface area contributed by atoms with Crippen LogP contribution >= 0.6 is 34.5 Å². The maximum atomic E-state index is 11.0. The van der Waals surface area contributed by atoms with Crippen LogP contribution in [0.25, 0.3) is 16.9 Å². The molecule has 0 aliphatic carbocycles. The molecule has 1 aromatic carbocycles. The number of nitrogens with two attached hydrogens (primary N) is 1. The number of hydrogen-bond donors (Lipinski definition) is 1. The van der Waals surface area contributed by atoms with E-state index < -0.39 is 0 Å². The van der Waals surface area contributed by atoms with E-state index in [0.717, 1.165) is 28.3 Å². The highest BCUT2D eigenvalue weighted by atomic mass is 35.5. The predicted octanol–water partition coefficient (Wildman–Crippen LogP) is 4.55. The Labute approximate surface area is 153 Å². The SMILES string of the molecule is Cc1cc(-c2csc(CC(N)=O)n2)c(C)n1-c1cc(Cl)cc(Cl)c1. The van der Waals surface area contributed by atoms with Gasteiger partial charge in [0.15, 0.2) is 0 Å². The summed E-state index contributed by atoms with van der Waals surface area (Å²) in [6.07, 6.45) is 0.160. The fraction of sp³-hybridized carbons (Fsp3) is 0.176. The number of amides is 1. The largest absolute Gasteiger partial charge is 0.369 e. The number of carbonyl (C=O) groups excluding carboxylic acids is 1. The summed E-state index contributed by atoms with van der Waals surface area (Å²) in [5.74, 6) is -0.380. The number of thiazole rings is 1. The number of halogens is 2. The molecule has 0 spiro atoms. The molecule has 0 fully saturated rings. The molecule has 3 aromatic rings. The van der Waals surface area contributed by atoms with Crippen molar-refractivity contribution in [2.75, 3.05) is 0 Å². The summed E-state index contributed by atoms with van der Waals surface area (Å²) in [7, 11) is 0. The van der Waals surface area contributed by atoms with Crippen molar-refractivity contribution in [1.29, 1.82) is 0 Å². The van der Waals surface area contributed by atoms with E-state index in [-0.39, 0.29) is 12.3 Å². The molecule has 7 heteroatoms. The second-order valence-electron chi connectivity index (χ2n) is 5.52. The molecule has 2 N–H and O–H groups in total. The summed E-state index contributed by atoms with van der Waals surface area (Å²) < 4.78 is 2.08. The number of aromatic nitrogens is 2. The van der Waals surface area contributed by atoms with Crippen LogP contribution in [0.3, 0.4) is 0 Å². The van der Waals surface area contributed by atoms with Gasteiger partial charge in [0.1, 0.15) is 5.01 Å². The molecule has 3 rings (SSSR count). The first-order valence-electron chi connectivity index (χ1n) is 7.23. The molecule has 1 amide bonds. The minimum Gasteiger partial charge on any atom is -0.369 e. The molecule has 4 nitrogen and oxygen atoms in total. The zero-order valence-corrected chi connectivity index (χ0v) is 15.5. The first-order chi connectivity index (χ1) is 11.3. The van der Waals surface area contributed by atoms with E-state index >= 15 is 0 Å². The van der Waals surface area contributed by atoms with Crippen LogP contribution in [0.5, 0.6) is 0 Å². The number of benzene rings is 1. The zero-order valence-electron chi connectivity index (χ0n) is 13.1. The lowest BCUT2D eigenvalue weighted by Gasteiger charge is -2.11. The lowest BCUT2D eigenvalue weighted by molar-refractivity contribution is -0.117. The van der Waals surface area contributed by atoms with Gasteiger partial charge in [-0.1, -0.05) is 23.2 Å². The molecule has 24 heavy (non-hydrogen) atoms. The minimum absolute atomic E-state index is 0.160. The topological polar surface area (TPSA) is 60.9 Å². The third kappa shape index (κ3) is 3.34. The molecule has 2 heterocycles. The predicted molar refractivity (Wildman–Crippen MR) is 99.3 cm³/mol. The van der Waals surface area contributed by atoms with E-state index in [4.69, 9.17) is 28.9 Å². The van der Waals surface area contributed by atoms with Gasteiger partial charge in [0.2, 0.25) is 5.91 Å². The first kappa shape index (κ1) is 17.0. The van der Waals surface area contributed by atoms with Gasteiger partial charge in [-0.15, -0.1) is 11.3 Å². The molecule has 2 aromatic heterocycles. The summed E-state index contributed by atoms with van der Waals surface area (Å²) in [6.45, 7) is 4.03. The third-order valence-electron chi connectivity index (χ3n) is 3.69. The molecule has 0 aliphatic heterocycles. The smallest absolute Gasteiger partial charge is 0.224 e. The van der Waals surface area contributed by atoms with Crippen molar-refractivity contribution in [3.8, 4) is 16.9 Å².